The van der Waals surface area contributed by atoms with E-state index < -0.39 is 0 Å². The van der Waals surface area contributed by atoms with Gasteiger partial charge in [-0.1, -0.05) is 24.3 Å². The van der Waals surface area contributed by atoms with Gasteiger partial charge in [0, 0.05) is 0 Å². The molecule has 0 aliphatic rings. The second kappa shape index (κ2) is 7.09. The van der Waals surface area contributed by atoms with Crippen molar-refractivity contribution in [3.8, 4) is 11.5 Å². The number of para-hydroxylation sites is 4. The SMILES string of the molecule is Nc1ccccc1OC/C=C\COc1ccccc1N. The molecule has 104 valence electrons. The number of rotatable bonds is 6. The highest BCUT2D eigenvalue weighted by molar-refractivity contribution is 5.52. The van der Waals surface area contributed by atoms with Crippen molar-refractivity contribution in [2.75, 3.05) is 24.7 Å². The highest BCUT2D eigenvalue weighted by atomic mass is 16.5. The largest absolute Gasteiger partial charge is 0.487 e. The van der Waals surface area contributed by atoms with Gasteiger partial charge in [0.05, 0.1) is 11.4 Å². The van der Waals surface area contributed by atoms with E-state index in [9.17, 15) is 0 Å². The minimum absolute atomic E-state index is 0.446. The number of benzene rings is 2. The summed E-state index contributed by atoms with van der Waals surface area (Å²) < 4.78 is 11.0. The summed E-state index contributed by atoms with van der Waals surface area (Å²) in [6.07, 6.45) is 3.76. The van der Waals surface area contributed by atoms with Crippen molar-refractivity contribution in [2.45, 2.75) is 0 Å². The summed E-state index contributed by atoms with van der Waals surface area (Å²) in [5.74, 6) is 1.37. The van der Waals surface area contributed by atoms with Gasteiger partial charge in [0.25, 0.3) is 0 Å². The van der Waals surface area contributed by atoms with E-state index in [0.29, 0.717) is 36.1 Å². The topological polar surface area (TPSA) is 70.5 Å². The Hall–Kier alpha value is -2.62. The predicted octanol–water partition coefficient (Wildman–Crippen LogP) is 2.87. The van der Waals surface area contributed by atoms with Gasteiger partial charge >= 0.3 is 0 Å². The average Bonchev–Trinajstić information content (AvgIpc) is 2.46. The van der Waals surface area contributed by atoms with Gasteiger partial charge in [-0.25, -0.2) is 0 Å². The molecule has 4 nitrogen and oxygen atoms in total. The maximum Gasteiger partial charge on any atom is 0.142 e. The zero-order chi connectivity index (χ0) is 14.2. The van der Waals surface area contributed by atoms with Crippen LogP contribution in [0, 0.1) is 0 Å². The van der Waals surface area contributed by atoms with E-state index in [1.807, 2.05) is 48.6 Å². The summed E-state index contributed by atoms with van der Waals surface area (Å²) >= 11 is 0. The van der Waals surface area contributed by atoms with Crippen molar-refractivity contribution in [2.24, 2.45) is 0 Å². The zero-order valence-corrected chi connectivity index (χ0v) is 11.2. The third-order valence-electron chi connectivity index (χ3n) is 2.67. The predicted molar refractivity (Wildman–Crippen MR) is 81.8 cm³/mol. The van der Waals surface area contributed by atoms with E-state index in [1.54, 1.807) is 12.1 Å². The summed E-state index contributed by atoms with van der Waals surface area (Å²) in [6, 6.07) is 14.8. The molecule has 2 aromatic rings. The van der Waals surface area contributed by atoms with E-state index in [1.165, 1.54) is 0 Å². The van der Waals surface area contributed by atoms with Gasteiger partial charge in [-0.3, -0.25) is 0 Å². The van der Waals surface area contributed by atoms with Crippen LogP contribution < -0.4 is 20.9 Å². The summed E-state index contributed by atoms with van der Waals surface area (Å²) in [7, 11) is 0. The second-order valence-corrected chi connectivity index (χ2v) is 4.17. The maximum atomic E-state index is 5.77. The molecule has 0 saturated heterocycles. The monoisotopic (exact) mass is 270 g/mol. The number of ether oxygens (including phenoxy) is 2. The molecule has 0 unspecified atom stereocenters. The minimum Gasteiger partial charge on any atom is -0.487 e. The highest BCUT2D eigenvalue weighted by Crippen LogP contribution is 2.20. The Morgan fingerprint density at radius 2 is 1.10 bits per heavy atom. The summed E-state index contributed by atoms with van der Waals surface area (Å²) in [6.45, 7) is 0.893. The summed E-state index contributed by atoms with van der Waals surface area (Å²) in [5, 5.41) is 0. The van der Waals surface area contributed by atoms with Crippen molar-refractivity contribution >= 4 is 11.4 Å². The molecule has 0 heterocycles. The minimum atomic E-state index is 0.446. The van der Waals surface area contributed by atoms with E-state index in [-0.39, 0.29) is 0 Å². The van der Waals surface area contributed by atoms with Crippen LogP contribution in [-0.2, 0) is 0 Å². The van der Waals surface area contributed by atoms with Crippen LogP contribution in [0.3, 0.4) is 0 Å². The molecule has 0 spiro atoms. The Labute approximate surface area is 118 Å². The summed E-state index contributed by atoms with van der Waals surface area (Å²) in [4.78, 5) is 0. The first-order valence-corrected chi connectivity index (χ1v) is 6.37. The fourth-order valence-corrected chi connectivity index (χ4v) is 1.64. The third-order valence-corrected chi connectivity index (χ3v) is 2.67. The van der Waals surface area contributed by atoms with Gasteiger partial charge in [-0.05, 0) is 36.4 Å². The lowest BCUT2D eigenvalue weighted by atomic mass is 10.3. The van der Waals surface area contributed by atoms with E-state index in [2.05, 4.69) is 0 Å². The van der Waals surface area contributed by atoms with Crippen LogP contribution in [0.15, 0.2) is 60.7 Å². The molecule has 0 radical (unpaired) electrons. The molecule has 0 bridgehead atoms. The quantitative estimate of drug-likeness (QED) is 0.625. The van der Waals surface area contributed by atoms with Crippen LogP contribution in [0.1, 0.15) is 0 Å². The molecule has 0 fully saturated rings. The molecule has 0 aromatic heterocycles. The average molecular weight is 270 g/mol. The molecular formula is C16H18N2O2. The second-order valence-electron chi connectivity index (χ2n) is 4.17. The van der Waals surface area contributed by atoms with Crippen molar-refractivity contribution in [1.82, 2.24) is 0 Å². The first-order valence-electron chi connectivity index (χ1n) is 6.37. The van der Waals surface area contributed by atoms with Crippen LogP contribution >= 0.6 is 0 Å². The van der Waals surface area contributed by atoms with Gasteiger partial charge < -0.3 is 20.9 Å². The van der Waals surface area contributed by atoms with Crippen molar-refractivity contribution in [3.05, 3.63) is 60.7 Å². The summed E-state index contributed by atoms with van der Waals surface area (Å²) in [5.41, 5.74) is 12.8. The molecule has 2 aromatic carbocycles. The molecule has 0 aliphatic carbocycles. The normalized spacial score (nSPS) is 10.6. The molecule has 2 rings (SSSR count). The molecular weight excluding hydrogens is 252 g/mol. The fourth-order valence-electron chi connectivity index (χ4n) is 1.64. The van der Waals surface area contributed by atoms with Crippen molar-refractivity contribution < 1.29 is 9.47 Å². The Bertz CT molecular complexity index is 531. The number of anilines is 2. The van der Waals surface area contributed by atoms with E-state index >= 15 is 0 Å². The Morgan fingerprint density at radius 1 is 0.700 bits per heavy atom. The number of hydrogen-bond donors (Lipinski definition) is 2. The molecule has 0 aliphatic heterocycles. The molecule has 0 saturated carbocycles. The molecule has 4 heteroatoms. The third kappa shape index (κ3) is 3.95. The first-order chi connectivity index (χ1) is 9.77. The Kier molecular flexibility index (Phi) is 4.89. The number of nitrogen functional groups attached to an aromatic ring is 2. The highest BCUT2D eigenvalue weighted by Gasteiger charge is 1.97. The lowest BCUT2D eigenvalue weighted by molar-refractivity contribution is 0.352. The molecule has 0 amide bonds. The van der Waals surface area contributed by atoms with Gasteiger partial charge in [-0.2, -0.15) is 0 Å². The van der Waals surface area contributed by atoms with Gasteiger partial charge in [0.1, 0.15) is 24.7 Å². The van der Waals surface area contributed by atoms with Crippen LogP contribution in [-0.4, -0.2) is 13.2 Å². The van der Waals surface area contributed by atoms with E-state index in [0.717, 1.165) is 0 Å². The number of nitrogens with two attached hydrogens (primary N) is 2. The molecule has 0 atom stereocenters. The van der Waals surface area contributed by atoms with Crippen molar-refractivity contribution in [3.63, 3.8) is 0 Å². The molecule has 20 heavy (non-hydrogen) atoms. The van der Waals surface area contributed by atoms with Crippen LogP contribution in [0.25, 0.3) is 0 Å². The maximum absolute atomic E-state index is 5.77. The first kappa shape index (κ1) is 13.8. The molecule has 4 N–H and O–H groups in total. The Morgan fingerprint density at radius 3 is 1.50 bits per heavy atom. The van der Waals surface area contributed by atoms with E-state index in [4.69, 9.17) is 20.9 Å². The van der Waals surface area contributed by atoms with Gasteiger partial charge in [0.15, 0.2) is 0 Å². The van der Waals surface area contributed by atoms with Crippen LogP contribution in [0.4, 0.5) is 11.4 Å². The lowest BCUT2D eigenvalue weighted by Crippen LogP contribution is -2.00. The van der Waals surface area contributed by atoms with Crippen LogP contribution in [0.2, 0.25) is 0 Å². The van der Waals surface area contributed by atoms with Gasteiger partial charge in [-0.15, -0.1) is 0 Å². The van der Waals surface area contributed by atoms with Crippen LogP contribution in [0.5, 0.6) is 11.5 Å². The zero-order valence-electron chi connectivity index (χ0n) is 11.2. The standard InChI is InChI=1S/C16H18N2O2/c17-13-7-1-3-9-15(13)19-11-5-6-12-20-16-10-4-2-8-14(16)18/h1-10H,11-12,17-18H2/b6-5-. The smallest absolute Gasteiger partial charge is 0.142 e. The fraction of sp³-hybridized carbons (Fsp3) is 0.125. The number of hydrogen-bond acceptors (Lipinski definition) is 4. The Balaban J connectivity index is 1.73. The van der Waals surface area contributed by atoms with Gasteiger partial charge in [0.2, 0.25) is 0 Å². The van der Waals surface area contributed by atoms with Crippen molar-refractivity contribution in [1.29, 1.82) is 0 Å². The lowest BCUT2D eigenvalue weighted by Gasteiger charge is -2.06.